The molecule has 0 radical (unpaired) electrons. The molecule has 1 fully saturated rings. The van der Waals surface area contributed by atoms with Gasteiger partial charge in [0.05, 0.1) is 11.1 Å². The maximum atomic E-state index is 12.7. The van der Waals surface area contributed by atoms with E-state index in [0.717, 1.165) is 32.5 Å². The molecule has 1 aromatic heterocycles. The summed E-state index contributed by atoms with van der Waals surface area (Å²) in [5, 5.41) is 3.61. The van der Waals surface area contributed by atoms with Gasteiger partial charge in [0.25, 0.3) is 5.56 Å². The van der Waals surface area contributed by atoms with Crippen LogP contribution in [0.1, 0.15) is 37.3 Å². The number of nitrogens with one attached hydrogen (secondary N) is 2. The van der Waals surface area contributed by atoms with Gasteiger partial charge in [-0.25, -0.2) is 4.79 Å². The van der Waals surface area contributed by atoms with Gasteiger partial charge in [0.15, 0.2) is 0 Å². The Labute approximate surface area is 152 Å². The van der Waals surface area contributed by atoms with E-state index in [0.29, 0.717) is 30.3 Å². The molecule has 0 bridgehead atoms. The lowest BCUT2D eigenvalue weighted by molar-refractivity contribution is 0.0391. The van der Waals surface area contributed by atoms with Gasteiger partial charge in [-0.15, -0.1) is 0 Å². The molecule has 1 saturated heterocycles. The molecule has 2 aromatic rings. The van der Waals surface area contributed by atoms with Crippen LogP contribution in [0.25, 0.3) is 0 Å². The van der Waals surface area contributed by atoms with E-state index < -0.39 is 0 Å². The van der Waals surface area contributed by atoms with Gasteiger partial charge in [-0.3, -0.25) is 14.3 Å². The third kappa shape index (κ3) is 2.69. The van der Waals surface area contributed by atoms with Crippen LogP contribution < -0.4 is 16.6 Å². The van der Waals surface area contributed by atoms with Crippen LogP contribution in [-0.4, -0.2) is 22.8 Å². The molecule has 4 rings (SSSR count). The van der Waals surface area contributed by atoms with Crippen LogP contribution in [0.2, 0.25) is 0 Å². The number of aromatic amines is 1. The van der Waals surface area contributed by atoms with Gasteiger partial charge >= 0.3 is 5.69 Å². The standard InChI is InChI=1S/C20H25N3O3/c1-2-23-18(24)16-8-11-20(14-6-4-3-5-7-14,15-9-12-26-13-10-15)22-17(16)21-19(23)25/h3-7,15,22H,2,8-13H2,1H3,(H,21,25)/t20-/m1/s1. The van der Waals surface area contributed by atoms with Crippen molar-refractivity contribution in [2.75, 3.05) is 18.5 Å². The summed E-state index contributed by atoms with van der Waals surface area (Å²) in [5.41, 5.74) is 1.08. The van der Waals surface area contributed by atoms with Gasteiger partial charge < -0.3 is 10.1 Å². The number of benzene rings is 1. The lowest BCUT2D eigenvalue weighted by atomic mass is 9.69. The Morgan fingerprint density at radius 2 is 1.92 bits per heavy atom. The molecule has 6 nitrogen and oxygen atoms in total. The molecule has 2 aliphatic rings. The quantitative estimate of drug-likeness (QED) is 0.885. The Balaban J connectivity index is 1.83. The summed E-state index contributed by atoms with van der Waals surface area (Å²) in [7, 11) is 0. The zero-order chi connectivity index (χ0) is 18.1. The summed E-state index contributed by atoms with van der Waals surface area (Å²) < 4.78 is 6.84. The second-order valence-electron chi connectivity index (χ2n) is 7.18. The van der Waals surface area contributed by atoms with E-state index in [9.17, 15) is 9.59 Å². The molecule has 0 amide bonds. The van der Waals surface area contributed by atoms with Gasteiger partial charge in [0, 0.05) is 19.8 Å². The van der Waals surface area contributed by atoms with E-state index in [-0.39, 0.29) is 16.8 Å². The maximum Gasteiger partial charge on any atom is 0.329 e. The summed E-state index contributed by atoms with van der Waals surface area (Å²) in [5.74, 6) is 0.982. The number of aromatic nitrogens is 2. The van der Waals surface area contributed by atoms with Gasteiger partial charge in [0.2, 0.25) is 0 Å². The predicted molar refractivity (Wildman–Crippen MR) is 101 cm³/mol. The van der Waals surface area contributed by atoms with Crippen molar-refractivity contribution in [1.29, 1.82) is 0 Å². The molecule has 6 heteroatoms. The van der Waals surface area contributed by atoms with Crippen LogP contribution in [0, 0.1) is 5.92 Å². The van der Waals surface area contributed by atoms with Crippen molar-refractivity contribution in [3.05, 3.63) is 62.3 Å². The number of hydrogen-bond acceptors (Lipinski definition) is 4. The van der Waals surface area contributed by atoms with Crippen LogP contribution in [-0.2, 0) is 23.2 Å². The van der Waals surface area contributed by atoms with Crippen LogP contribution >= 0.6 is 0 Å². The minimum Gasteiger partial charge on any atom is -0.381 e. The highest BCUT2D eigenvalue weighted by atomic mass is 16.5. The molecule has 2 N–H and O–H groups in total. The van der Waals surface area contributed by atoms with Crippen molar-refractivity contribution in [2.45, 2.75) is 44.7 Å². The summed E-state index contributed by atoms with van der Waals surface area (Å²) in [4.78, 5) is 27.9. The highest BCUT2D eigenvalue weighted by Crippen LogP contribution is 2.44. The molecule has 1 aromatic carbocycles. The van der Waals surface area contributed by atoms with Gasteiger partial charge in [-0.05, 0) is 44.1 Å². The fourth-order valence-electron chi connectivity index (χ4n) is 4.53. The number of hydrogen-bond donors (Lipinski definition) is 2. The van der Waals surface area contributed by atoms with E-state index >= 15 is 0 Å². The first-order valence-corrected chi connectivity index (χ1v) is 9.43. The maximum absolute atomic E-state index is 12.7. The van der Waals surface area contributed by atoms with E-state index in [1.807, 2.05) is 25.1 Å². The molecule has 0 spiro atoms. The molecule has 0 saturated carbocycles. The summed E-state index contributed by atoms with van der Waals surface area (Å²) in [6, 6.07) is 10.4. The monoisotopic (exact) mass is 355 g/mol. The molecule has 0 aliphatic carbocycles. The average Bonchev–Trinajstić information content (AvgIpc) is 2.69. The Morgan fingerprint density at radius 3 is 2.62 bits per heavy atom. The second kappa shape index (κ2) is 6.76. The van der Waals surface area contributed by atoms with E-state index in [4.69, 9.17) is 4.74 Å². The summed E-state index contributed by atoms with van der Waals surface area (Å²) in [6.45, 7) is 3.70. The van der Waals surface area contributed by atoms with Crippen molar-refractivity contribution in [3.8, 4) is 0 Å². The summed E-state index contributed by atoms with van der Waals surface area (Å²) >= 11 is 0. The number of fused-ring (bicyclic) bond motifs is 1. The topological polar surface area (TPSA) is 76.1 Å². The second-order valence-corrected chi connectivity index (χ2v) is 7.18. The first-order valence-electron chi connectivity index (χ1n) is 9.43. The van der Waals surface area contributed by atoms with Crippen molar-refractivity contribution >= 4 is 5.82 Å². The fourth-order valence-corrected chi connectivity index (χ4v) is 4.53. The van der Waals surface area contributed by atoms with Crippen LogP contribution in [0.4, 0.5) is 5.82 Å². The van der Waals surface area contributed by atoms with Crippen molar-refractivity contribution in [3.63, 3.8) is 0 Å². The number of H-pyrrole nitrogens is 1. The third-order valence-electron chi connectivity index (χ3n) is 5.92. The van der Waals surface area contributed by atoms with E-state index in [2.05, 4.69) is 22.4 Å². The van der Waals surface area contributed by atoms with Crippen LogP contribution in [0.3, 0.4) is 0 Å². The number of nitrogens with zero attached hydrogens (tertiary/aromatic N) is 1. The molecule has 2 aliphatic heterocycles. The molecular formula is C20H25N3O3. The fraction of sp³-hybridized carbons (Fsp3) is 0.500. The minimum absolute atomic E-state index is 0.174. The lowest BCUT2D eigenvalue weighted by Crippen LogP contribution is -2.50. The highest BCUT2D eigenvalue weighted by Gasteiger charge is 2.44. The zero-order valence-electron chi connectivity index (χ0n) is 15.1. The van der Waals surface area contributed by atoms with Crippen LogP contribution in [0.5, 0.6) is 0 Å². The molecular weight excluding hydrogens is 330 g/mol. The Morgan fingerprint density at radius 1 is 1.19 bits per heavy atom. The van der Waals surface area contributed by atoms with E-state index in [1.54, 1.807) is 0 Å². The Bertz CT molecular complexity index is 897. The number of ether oxygens (including phenoxy) is 1. The third-order valence-corrected chi connectivity index (χ3v) is 5.92. The smallest absolute Gasteiger partial charge is 0.329 e. The Kier molecular flexibility index (Phi) is 4.44. The van der Waals surface area contributed by atoms with Crippen LogP contribution in [0.15, 0.2) is 39.9 Å². The normalized spacial score (nSPS) is 23.3. The molecule has 3 heterocycles. The molecule has 1 atom stereocenters. The highest BCUT2D eigenvalue weighted by molar-refractivity contribution is 5.51. The molecule has 0 unspecified atom stereocenters. The summed E-state index contributed by atoms with van der Waals surface area (Å²) in [6.07, 6.45) is 3.42. The average molecular weight is 355 g/mol. The first-order chi connectivity index (χ1) is 12.7. The first kappa shape index (κ1) is 17.1. The van der Waals surface area contributed by atoms with Crippen molar-refractivity contribution < 1.29 is 4.74 Å². The van der Waals surface area contributed by atoms with Gasteiger partial charge in [-0.1, -0.05) is 30.3 Å². The predicted octanol–water partition coefficient (Wildman–Crippen LogP) is 2.24. The van der Waals surface area contributed by atoms with Crippen molar-refractivity contribution in [2.24, 2.45) is 5.92 Å². The van der Waals surface area contributed by atoms with E-state index in [1.165, 1.54) is 10.1 Å². The number of anilines is 1. The largest absolute Gasteiger partial charge is 0.381 e. The molecule has 26 heavy (non-hydrogen) atoms. The van der Waals surface area contributed by atoms with Gasteiger partial charge in [-0.2, -0.15) is 0 Å². The molecule has 138 valence electrons. The number of rotatable bonds is 3. The van der Waals surface area contributed by atoms with Gasteiger partial charge in [0.1, 0.15) is 5.82 Å². The zero-order valence-corrected chi connectivity index (χ0v) is 15.1. The Hall–Kier alpha value is -2.34. The minimum atomic E-state index is -0.348. The SMILES string of the molecule is CCn1c(=O)[nH]c2c(c1=O)CC[C@@](c1ccccc1)(C1CCOCC1)N2. The lowest BCUT2D eigenvalue weighted by Gasteiger charge is -2.47. The van der Waals surface area contributed by atoms with Crippen molar-refractivity contribution in [1.82, 2.24) is 9.55 Å².